The Labute approximate surface area is 125 Å². The van der Waals surface area contributed by atoms with E-state index < -0.39 is 0 Å². The third-order valence-corrected chi connectivity index (χ3v) is 3.95. The Morgan fingerprint density at radius 1 is 1.45 bits per heavy atom. The van der Waals surface area contributed by atoms with E-state index in [0.29, 0.717) is 11.6 Å². The number of aliphatic hydroxyl groups excluding tert-OH is 1. The van der Waals surface area contributed by atoms with Gasteiger partial charge >= 0.3 is 0 Å². The number of aryl methyl sites for hydroxylation is 1. The van der Waals surface area contributed by atoms with E-state index in [9.17, 15) is 0 Å². The molecule has 0 aliphatic carbocycles. The zero-order chi connectivity index (χ0) is 14.5. The van der Waals surface area contributed by atoms with Crippen LogP contribution in [0.5, 0.6) is 0 Å². The fourth-order valence-corrected chi connectivity index (χ4v) is 2.85. The van der Waals surface area contributed by atoms with Gasteiger partial charge in [-0.15, -0.1) is 0 Å². The van der Waals surface area contributed by atoms with E-state index in [4.69, 9.17) is 27.8 Å². The number of hydrogen-bond donors (Lipinski definition) is 2. The molecule has 1 aliphatic rings. The summed E-state index contributed by atoms with van der Waals surface area (Å²) in [6.45, 7) is 4.52. The number of rotatable bonds is 5. The van der Waals surface area contributed by atoms with E-state index in [0.717, 1.165) is 37.1 Å². The Kier molecular flexibility index (Phi) is 5.34. The molecule has 1 aromatic rings. The quantitative estimate of drug-likeness (QED) is 0.808. The molecular formula is C15H22N2O2S. The number of nitrogens with zero attached hydrogens (tertiary/aromatic N) is 1. The molecule has 3 N–H and O–H groups in total. The number of thiocarbonyl (C=S) groups is 1. The summed E-state index contributed by atoms with van der Waals surface area (Å²) in [6, 6.07) is 6.22. The van der Waals surface area contributed by atoms with E-state index in [1.54, 1.807) is 0 Å². The molecule has 0 radical (unpaired) electrons. The normalized spacial score (nSPS) is 16.4. The third-order valence-electron chi connectivity index (χ3n) is 3.73. The maximum Gasteiger partial charge on any atom is 0.104 e. The second-order valence-electron chi connectivity index (χ2n) is 5.14. The molecule has 5 heteroatoms. The van der Waals surface area contributed by atoms with Crippen LogP contribution in [0.25, 0.3) is 0 Å². The fraction of sp³-hybridized carbons (Fsp3) is 0.533. The number of piperidine rings is 1. The van der Waals surface area contributed by atoms with E-state index in [1.165, 1.54) is 5.69 Å². The summed E-state index contributed by atoms with van der Waals surface area (Å²) >= 11 is 5.03. The van der Waals surface area contributed by atoms with Crippen LogP contribution in [0, 0.1) is 6.92 Å². The van der Waals surface area contributed by atoms with Crippen LogP contribution in [-0.2, 0) is 4.74 Å². The first-order valence-electron chi connectivity index (χ1n) is 6.99. The predicted octanol–water partition coefficient (Wildman–Crippen LogP) is 1.61. The summed E-state index contributed by atoms with van der Waals surface area (Å²) in [5.41, 5.74) is 8.97. The van der Waals surface area contributed by atoms with Gasteiger partial charge in [0.25, 0.3) is 0 Å². The van der Waals surface area contributed by atoms with Crippen LogP contribution in [0.2, 0.25) is 0 Å². The number of ether oxygens (including phenoxy) is 1. The predicted molar refractivity (Wildman–Crippen MR) is 85.3 cm³/mol. The highest BCUT2D eigenvalue weighted by molar-refractivity contribution is 7.80. The summed E-state index contributed by atoms with van der Waals surface area (Å²) in [5, 5.41) is 8.77. The van der Waals surface area contributed by atoms with Crippen molar-refractivity contribution < 1.29 is 9.84 Å². The first-order valence-corrected chi connectivity index (χ1v) is 7.40. The van der Waals surface area contributed by atoms with Gasteiger partial charge in [-0.1, -0.05) is 12.2 Å². The van der Waals surface area contributed by atoms with Crippen molar-refractivity contribution >= 4 is 22.9 Å². The average Bonchev–Trinajstić information content (AvgIpc) is 2.45. The lowest BCUT2D eigenvalue weighted by atomic mass is 10.0. The molecule has 1 fully saturated rings. The van der Waals surface area contributed by atoms with Crippen molar-refractivity contribution in [2.24, 2.45) is 5.73 Å². The Morgan fingerprint density at radius 3 is 2.70 bits per heavy atom. The van der Waals surface area contributed by atoms with Crippen molar-refractivity contribution in [2.45, 2.75) is 25.9 Å². The van der Waals surface area contributed by atoms with Gasteiger partial charge in [0.05, 0.1) is 19.3 Å². The van der Waals surface area contributed by atoms with Gasteiger partial charge < -0.3 is 20.5 Å². The third kappa shape index (κ3) is 3.69. The molecule has 0 unspecified atom stereocenters. The number of anilines is 1. The zero-order valence-electron chi connectivity index (χ0n) is 11.8. The highest BCUT2D eigenvalue weighted by atomic mass is 32.1. The highest BCUT2D eigenvalue weighted by Gasteiger charge is 2.20. The summed E-state index contributed by atoms with van der Waals surface area (Å²) in [5.74, 6) is 0. The van der Waals surface area contributed by atoms with Gasteiger partial charge in [-0.25, -0.2) is 0 Å². The summed E-state index contributed by atoms with van der Waals surface area (Å²) < 4.78 is 5.58. The number of aliphatic hydroxyl groups is 1. The van der Waals surface area contributed by atoms with E-state index in [-0.39, 0.29) is 12.7 Å². The molecule has 2 rings (SSSR count). The molecule has 1 saturated heterocycles. The SMILES string of the molecule is Cc1cc(N2CCC(OCCO)CC2)ccc1C(N)=S. The van der Waals surface area contributed by atoms with Crippen LogP contribution in [0.15, 0.2) is 18.2 Å². The number of benzene rings is 1. The Balaban J connectivity index is 1.97. The van der Waals surface area contributed by atoms with Gasteiger partial charge in [-0.2, -0.15) is 0 Å². The molecule has 0 amide bonds. The van der Waals surface area contributed by atoms with Crippen LogP contribution in [0.4, 0.5) is 5.69 Å². The fourth-order valence-electron chi connectivity index (χ4n) is 2.62. The minimum absolute atomic E-state index is 0.0971. The summed E-state index contributed by atoms with van der Waals surface area (Å²) in [6.07, 6.45) is 2.27. The molecule has 1 aliphatic heterocycles. The van der Waals surface area contributed by atoms with Crippen LogP contribution in [0.3, 0.4) is 0 Å². The Hall–Kier alpha value is -1.17. The maximum absolute atomic E-state index is 8.77. The van der Waals surface area contributed by atoms with Crippen LogP contribution in [-0.4, -0.2) is 42.5 Å². The van der Waals surface area contributed by atoms with Crippen LogP contribution in [0.1, 0.15) is 24.0 Å². The Morgan fingerprint density at radius 2 is 2.15 bits per heavy atom. The number of hydrogen-bond acceptors (Lipinski definition) is 4. The molecular weight excluding hydrogens is 272 g/mol. The largest absolute Gasteiger partial charge is 0.394 e. The van der Waals surface area contributed by atoms with Crippen molar-refractivity contribution in [3.8, 4) is 0 Å². The summed E-state index contributed by atoms with van der Waals surface area (Å²) in [4.78, 5) is 2.81. The molecule has 0 bridgehead atoms. The summed E-state index contributed by atoms with van der Waals surface area (Å²) in [7, 11) is 0. The average molecular weight is 294 g/mol. The molecule has 110 valence electrons. The molecule has 0 atom stereocenters. The van der Waals surface area contributed by atoms with Gasteiger partial charge in [-0.3, -0.25) is 0 Å². The monoisotopic (exact) mass is 294 g/mol. The van der Waals surface area contributed by atoms with Gasteiger partial charge in [0.15, 0.2) is 0 Å². The first-order chi connectivity index (χ1) is 9.61. The van der Waals surface area contributed by atoms with Crippen LogP contribution >= 0.6 is 12.2 Å². The molecule has 1 aromatic carbocycles. The molecule has 20 heavy (non-hydrogen) atoms. The lowest BCUT2D eigenvalue weighted by Gasteiger charge is -2.33. The molecule has 4 nitrogen and oxygen atoms in total. The Bertz CT molecular complexity index is 471. The van der Waals surface area contributed by atoms with E-state index >= 15 is 0 Å². The van der Waals surface area contributed by atoms with Crippen LogP contribution < -0.4 is 10.6 Å². The van der Waals surface area contributed by atoms with E-state index in [1.807, 2.05) is 13.0 Å². The van der Waals surface area contributed by atoms with Gasteiger partial charge in [-0.05, 0) is 43.5 Å². The molecule has 0 spiro atoms. The number of nitrogens with two attached hydrogens (primary N) is 1. The van der Waals surface area contributed by atoms with Crippen molar-refractivity contribution in [3.05, 3.63) is 29.3 Å². The molecule has 1 heterocycles. The second-order valence-corrected chi connectivity index (χ2v) is 5.58. The van der Waals surface area contributed by atoms with E-state index in [2.05, 4.69) is 17.0 Å². The lowest BCUT2D eigenvalue weighted by Crippen LogP contribution is -2.37. The van der Waals surface area contributed by atoms with Crippen molar-refractivity contribution in [1.29, 1.82) is 0 Å². The lowest BCUT2D eigenvalue weighted by molar-refractivity contribution is 0.0159. The minimum atomic E-state index is 0.0971. The van der Waals surface area contributed by atoms with Gasteiger partial charge in [0.2, 0.25) is 0 Å². The molecule has 0 aromatic heterocycles. The second kappa shape index (κ2) is 7.02. The first kappa shape index (κ1) is 15.2. The van der Waals surface area contributed by atoms with Crippen molar-refractivity contribution in [1.82, 2.24) is 0 Å². The molecule has 0 saturated carbocycles. The topological polar surface area (TPSA) is 58.7 Å². The smallest absolute Gasteiger partial charge is 0.104 e. The van der Waals surface area contributed by atoms with Crippen molar-refractivity contribution in [2.75, 3.05) is 31.2 Å². The van der Waals surface area contributed by atoms with Gasteiger partial charge in [0, 0.05) is 24.3 Å². The minimum Gasteiger partial charge on any atom is -0.394 e. The zero-order valence-corrected chi connectivity index (χ0v) is 12.7. The standard InChI is InChI=1S/C15H22N2O2S/c1-11-10-12(2-3-14(11)15(16)20)17-6-4-13(5-7-17)19-9-8-18/h2-3,10,13,18H,4-9H2,1H3,(H2,16,20). The maximum atomic E-state index is 8.77. The van der Waals surface area contributed by atoms with Crippen molar-refractivity contribution in [3.63, 3.8) is 0 Å². The highest BCUT2D eigenvalue weighted by Crippen LogP contribution is 2.24. The van der Waals surface area contributed by atoms with Gasteiger partial charge in [0.1, 0.15) is 4.99 Å².